The summed E-state index contributed by atoms with van der Waals surface area (Å²) in [7, 11) is 0. The maximum atomic E-state index is 10.9. The van der Waals surface area contributed by atoms with E-state index in [2.05, 4.69) is 10.6 Å². The molecule has 1 aliphatic rings. The molecule has 1 aromatic carbocycles. The zero-order valence-electron chi connectivity index (χ0n) is 9.69. The second kappa shape index (κ2) is 5.99. The van der Waals surface area contributed by atoms with E-state index in [1.54, 1.807) is 6.07 Å². The Bertz CT molecular complexity index is 436. The Labute approximate surface area is 109 Å². The highest BCUT2D eigenvalue weighted by Gasteiger charge is 2.17. The molecule has 0 saturated carbocycles. The van der Waals surface area contributed by atoms with E-state index in [0.717, 1.165) is 13.1 Å². The van der Waals surface area contributed by atoms with Crippen molar-refractivity contribution < 1.29 is 9.66 Å². The molecule has 2 rings (SSSR count). The Kier molecular flexibility index (Phi) is 4.35. The van der Waals surface area contributed by atoms with Gasteiger partial charge in [0.25, 0.3) is 5.69 Å². The third-order valence-electron chi connectivity index (χ3n) is 2.68. The lowest BCUT2D eigenvalue weighted by Crippen LogP contribution is -2.42. The van der Waals surface area contributed by atoms with Crippen molar-refractivity contribution in [1.82, 2.24) is 5.32 Å². The smallest absolute Gasteiger partial charge is 0.292 e. The first-order chi connectivity index (χ1) is 8.66. The molecule has 0 spiro atoms. The summed E-state index contributed by atoms with van der Waals surface area (Å²) in [6.45, 7) is 2.74. The fraction of sp³-hybridized carbons (Fsp3) is 0.455. The predicted octanol–water partition coefficient (Wildman–Crippen LogP) is 1.65. The summed E-state index contributed by atoms with van der Waals surface area (Å²) in [5, 5.41) is 17.5. The number of halogens is 1. The average molecular weight is 272 g/mol. The minimum absolute atomic E-state index is 0.0114. The lowest BCUT2D eigenvalue weighted by atomic mass is 10.2. The second-order valence-electron chi connectivity index (χ2n) is 4.00. The number of benzene rings is 1. The van der Waals surface area contributed by atoms with Crippen molar-refractivity contribution >= 4 is 23.0 Å². The number of ether oxygens (including phenoxy) is 1. The lowest BCUT2D eigenvalue weighted by Gasteiger charge is -2.24. The van der Waals surface area contributed by atoms with Gasteiger partial charge in [0, 0.05) is 30.7 Å². The monoisotopic (exact) mass is 271 g/mol. The number of hydrogen-bond donors (Lipinski definition) is 2. The number of nitro benzene ring substituents is 1. The van der Waals surface area contributed by atoms with Crippen LogP contribution in [0.1, 0.15) is 0 Å². The van der Waals surface area contributed by atoms with Gasteiger partial charge in [-0.2, -0.15) is 0 Å². The van der Waals surface area contributed by atoms with Gasteiger partial charge in [0.2, 0.25) is 0 Å². The van der Waals surface area contributed by atoms with Gasteiger partial charge in [-0.3, -0.25) is 10.1 Å². The average Bonchev–Trinajstić information content (AvgIpc) is 2.37. The van der Waals surface area contributed by atoms with E-state index in [1.807, 2.05) is 0 Å². The maximum Gasteiger partial charge on any atom is 0.292 e. The van der Waals surface area contributed by atoms with Crippen molar-refractivity contribution in [1.29, 1.82) is 0 Å². The highest BCUT2D eigenvalue weighted by atomic mass is 35.5. The molecule has 0 aliphatic carbocycles. The Morgan fingerprint density at radius 3 is 3.11 bits per heavy atom. The third kappa shape index (κ3) is 3.32. The maximum absolute atomic E-state index is 10.9. The van der Waals surface area contributed by atoms with Crippen molar-refractivity contribution in [2.75, 3.05) is 31.6 Å². The number of morpholine rings is 1. The first-order valence-corrected chi connectivity index (χ1v) is 6.05. The zero-order valence-corrected chi connectivity index (χ0v) is 10.4. The van der Waals surface area contributed by atoms with Gasteiger partial charge < -0.3 is 15.4 Å². The first-order valence-electron chi connectivity index (χ1n) is 5.67. The number of hydrogen-bond acceptors (Lipinski definition) is 5. The molecule has 0 aromatic heterocycles. The molecule has 6 nitrogen and oxygen atoms in total. The van der Waals surface area contributed by atoms with Gasteiger partial charge in [-0.15, -0.1) is 0 Å². The summed E-state index contributed by atoms with van der Waals surface area (Å²) in [6, 6.07) is 4.45. The van der Waals surface area contributed by atoms with Crippen LogP contribution in [0.25, 0.3) is 0 Å². The lowest BCUT2D eigenvalue weighted by molar-refractivity contribution is -0.384. The van der Waals surface area contributed by atoms with Crippen LogP contribution in [-0.2, 0) is 4.74 Å². The quantitative estimate of drug-likeness (QED) is 0.643. The fourth-order valence-corrected chi connectivity index (χ4v) is 1.96. The van der Waals surface area contributed by atoms with Gasteiger partial charge in [0.05, 0.1) is 17.6 Å². The van der Waals surface area contributed by atoms with E-state index in [4.69, 9.17) is 16.3 Å². The van der Waals surface area contributed by atoms with E-state index < -0.39 is 4.92 Å². The van der Waals surface area contributed by atoms with Gasteiger partial charge in [-0.25, -0.2) is 0 Å². The van der Waals surface area contributed by atoms with Crippen molar-refractivity contribution in [3.63, 3.8) is 0 Å². The van der Waals surface area contributed by atoms with Gasteiger partial charge in [-0.05, 0) is 12.1 Å². The van der Waals surface area contributed by atoms with E-state index in [-0.39, 0.29) is 11.8 Å². The van der Waals surface area contributed by atoms with Crippen LogP contribution in [0.3, 0.4) is 0 Å². The summed E-state index contributed by atoms with van der Waals surface area (Å²) >= 11 is 5.84. The molecule has 2 N–H and O–H groups in total. The molecule has 1 fully saturated rings. The predicted molar refractivity (Wildman–Crippen MR) is 69.2 cm³/mol. The molecular formula is C11H14ClN3O3. The number of nitro groups is 1. The van der Waals surface area contributed by atoms with Crippen LogP contribution in [0.4, 0.5) is 11.4 Å². The van der Waals surface area contributed by atoms with Crippen molar-refractivity contribution in [2.24, 2.45) is 0 Å². The summed E-state index contributed by atoms with van der Waals surface area (Å²) < 4.78 is 5.50. The number of nitrogens with one attached hydrogen (secondary N) is 2. The molecule has 1 aliphatic heterocycles. The van der Waals surface area contributed by atoms with Crippen LogP contribution in [0, 0.1) is 10.1 Å². The van der Waals surface area contributed by atoms with Gasteiger partial charge >= 0.3 is 0 Å². The SMILES string of the molecule is O=[N+]([O-])c1ccc(Cl)cc1NCC1CNCCO1. The fourth-order valence-electron chi connectivity index (χ4n) is 1.78. The zero-order chi connectivity index (χ0) is 13.0. The van der Waals surface area contributed by atoms with Crippen molar-refractivity contribution in [2.45, 2.75) is 6.10 Å². The standard InChI is InChI=1S/C11H14ClN3O3/c12-8-1-2-11(15(16)17)10(5-8)14-7-9-6-13-3-4-18-9/h1-2,5,9,13-14H,3-4,6-7H2. The van der Waals surface area contributed by atoms with Crippen LogP contribution < -0.4 is 10.6 Å². The minimum Gasteiger partial charge on any atom is -0.377 e. The molecule has 98 valence electrons. The van der Waals surface area contributed by atoms with Crippen LogP contribution in [0.15, 0.2) is 18.2 Å². The molecule has 0 radical (unpaired) electrons. The molecule has 7 heteroatoms. The molecule has 1 atom stereocenters. The van der Waals surface area contributed by atoms with E-state index in [9.17, 15) is 10.1 Å². The van der Waals surface area contributed by atoms with E-state index in [0.29, 0.717) is 23.9 Å². The summed E-state index contributed by atoms with van der Waals surface area (Å²) in [5.41, 5.74) is 0.435. The third-order valence-corrected chi connectivity index (χ3v) is 2.91. The van der Waals surface area contributed by atoms with Crippen molar-refractivity contribution in [3.05, 3.63) is 33.3 Å². The Hall–Kier alpha value is -1.37. The van der Waals surface area contributed by atoms with Crippen LogP contribution in [-0.4, -0.2) is 37.3 Å². The molecule has 1 unspecified atom stereocenters. The number of nitrogens with zero attached hydrogens (tertiary/aromatic N) is 1. The highest BCUT2D eigenvalue weighted by molar-refractivity contribution is 6.31. The normalized spacial score (nSPS) is 19.5. The Morgan fingerprint density at radius 2 is 2.44 bits per heavy atom. The molecule has 0 amide bonds. The largest absolute Gasteiger partial charge is 0.377 e. The van der Waals surface area contributed by atoms with Crippen LogP contribution >= 0.6 is 11.6 Å². The molecule has 1 aromatic rings. The Morgan fingerprint density at radius 1 is 1.61 bits per heavy atom. The highest BCUT2D eigenvalue weighted by Crippen LogP contribution is 2.27. The molecule has 0 bridgehead atoms. The summed E-state index contributed by atoms with van der Waals surface area (Å²) in [4.78, 5) is 10.4. The minimum atomic E-state index is -0.432. The van der Waals surface area contributed by atoms with Crippen LogP contribution in [0.5, 0.6) is 0 Å². The Balaban J connectivity index is 2.03. The molecule has 1 saturated heterocycles. The number of rotatable bonds is 4. The number of anilines is 1. The van der Waals surface area contributed by atoms with Gasteiger partial charge in [0.15, 0.2) is 0 Å². The molecular weight excluding hydrogens is 258 g/mol. The molecule has 1 heterocycles. The first kappa shape index (κ1) is 13.1. The van der Waals surface area contributed by atoms with E-state index in [1.165, 1.54) is 12.1 Å². The topological polar surface area (TPSA) is 76.4 Å². The van der Waals surface area contributed by atoms with E-state index >= 15 is 0 Å². The van der Waals surface area contributed by atoms with Gasteiger partial charge in [-0.1, -0.05) is 11.6 Å². The van der Waals surface area contributed by atoms with Crippen molar-refractivity contribution in [3.8, 4) is 0 Å². The van der Waals surface area contributed by atoms with Crippen LogP contribution in [0.2, 0.25) is 5.02 Å². The second-order valence-corrected chi connectivity index (χ2v) is 4.43. The van der Waals surface area contributed by atoms with Gasteiger partial charge in [0.1, 0.15) is 5.69 Å². The molecule has 18 heavy (non-hydrogen) atoms. The summed E-state index contributed by atoms with van der Waals surface area (Å²) in [5.74, 6) is 0. The summed E-state index contributed by atoms with van der Waals surface area (Å²) in [6.07, 6.45) is 0.0114.